The highest BCUT2D eigenvalue weighted by Crippen LogP contribution is 2.42. The summed E-state index contributed by atoms with van der Waals surface area (Å²) in [6.07, 6.45) is 8.65. The number of hydrogen-bond donors (Lipinski definition) is 0. The van der Waals surface area contributed by atoms with Crippen LogP contribution >= 0.6 is 0 Å². The van der Waals surface area contributed by atoms with E-state index in [2.05, 4.69) is 52.8 Å². The van der Waals surface area contributed by atoms with Gasteiger partial charge in [0.1, 0.15) is 0 Å². The Morgan fingerprint density at radius 2 is 1.61 bits per heavy atom. The van der Waals surface area contributed by atoms with Gasteiger partial charge in [-0.3, -0.25) is 4.90 Å². The van der Waals surface area contributed by atoms with Crippen molar-refractivity contribution in [3.8, 4) is 0 Å². The first-order valence-electron chi connectivity index (χ1n) is 13.3. The number of allylic oxidation sites excluding steroid dienone is 2. The van der Waals surface area contributed by atoms with E-state index in [0.717, 1.165) is 58.5 Å². The van der Waals surface area contributed by atoms with Crippen molar-refractivity contribution in [3.05, 3.63) is 29.8 Å². The lowest BCUT2D eigenvalue weighted by atomic mass is 9.76. The van der Waals surface area contributed by atoms with Gasteiger partial charge in [-0.1, -0.05) is 19.9 Å². The maximum Gasteiger partial charge on any atom is 0.0642 e. The molecular weight excluding hydrogens is 410 g/mol. The molecule has 3 fully saturated rings. The lowest BCUT2D eigenvalue weighted by Crippen LogP contribution is -2.48. The molecule has 182 valence electrons. The maximum absolute atomic E-state index is 5.60. The molecule has 0 amide bonds. The van der Waals surface area contributed by atoms with E-state index in [-0.39, 0.29) is 0 Å². The van der Waals surface area contributed by atoms with Crippen molar-refractivity contribution in [2.24, 2.45) is 11.3 Å². The first-order valence-corrected chi connectivity index (χ1v) is 13.3. The molecule has 4 aliphatic rings. The van der Waals surface area contributed by atoms with Crippen LogP contribution in [0.1, 0.15) is 51.5 Å². The second-order valence-corrected chi connectivity index (χ2v) is 11.2. The first kappa shape index (κ1) is 23.2. The number of anilines is 2. The third-order valence-electron chi connectivity index (χ3n) is 8.24. The molecule has 0 aromatic heterocycles. The normalized spacial score (nSPS) is 25.2. The van der Waals surface area contributed by atoms with Crippen LogP contribution in [0.5, 0.6) is 0 Å². The van der Waals surface area contributed by atoms with Gasteiger partial charge in [-0.25, -0.2) is 0 Å². The van der Waals surface area contributed by atoms with Gasteiger partial charge >= 0.3 is 0 Å². The lowest BCUT2D eigenvalue weighted by molar-refractivity contribution is 0.0517. The van der Waals surface area contributed by atoms with Gasteiger partial charge in [0.15, 0.2) is 0 Å². The molecule has 0 saturated carbocycles. The van der Waals surface area contributed by atoms with Crippen molar-refractivity contribution >= 4 is 16.9 Å². The summed E-state index contributed by atoms with van der Waals surface area (Å²) >= 11 is 0. The average molecular weight is 454 g/mol. The van der Waals surface area contributed by atoms with E-state index in [9.17, 15) is 0 Å². The minimum absolute atomic E-state index is 0.432. The zero-order valence-corrected chi connectivity index (χ0v) is 20.9. The molecule has 5 nitrogen and oxygen atoms in total. The Morgan fingerprint density at radius 1 is 0.879 bits per heavy atom. The Balaban J connectivity index is 1.32. The molecule has 3 heterocycles. The molecule has 0 atom stereocenters. The number of rotatable bonds is 5. The fourth-order valence-corrected chi connectivity index (χ4v) is 5.86. The van der Waals surface area contributed by atoms with Gasteiger partial charge in [0, 0.05) is 76.0 Å². The van der Waals surface area contributed by atoms with Crippen LogP contribution in [0.2, 0.25) is 0 Å². The van der Waals surface area contributed by atoms with Gasteiger partial charge < -0.3 is 19.3 Å². The summed E-state index contributed by atoms with van der Waals surface area (Å²) in [5.41, 5.74) is 6.28. The van der Waals surface area contributed by atoms with Crippen LogP contribution in [0.15, 0.2) is 24.3 Å². The fraction of sp³-hybridized carbons (Fsp3) is 0.714. The molecule has 3 saturated heterocycles. The van der Waals surface area contributed by atoms with Gasteiger partial charge in [0.2, 0.25) is 0 Å². The van der Waals surface area contributed by atoms with Crippen LogP contribution in [0.3, 0.4) is 0 Å². The smallest absolute Gasteiger partial charge is 0.0642 e. The van der Waals surface area contributed by atoms with Crippen molar-refractivity contribution in [2.75, 3.05) is 82.0 Å². The molecule has 0 radical (unpaired) electrons. The summed E-state index contributed by atoms with van der Waals surface area (Å²) in [6.45, 7) is 16.2. The molecule has 1 aromatic rings. The predicted octanol–water partition coefficient (Wildman–Crippen LogP) is 4.67. The van der Waals surface area contributed by atoms with E-state index in [1.807, 2.05) is 0 Å². The van der Waals surface area contributed by atoms with Crippen LogP contribution in [0, 0.1) is 11.3 Å². The summed E-state index contributed by atoms with van der Waals surface area (Å²) in [6, 6.07) is 7.25. The minimum Gasteiger partial charge on any atom is -0.381 e. The van der Waals surface area contributed by atoms with E-state index in [1.54, 1.807) is 5.57 Å². The summed E-state index contributed by atoms with van der Waals surface area (Å²) < 4.78 is 11.2. The van der Waals surface area contributed by atoms with Crippen LogP contribution in [-0.4, -0.2) is 77.1 Å². The third-order valence-corrected chi connectivity index (χ3v) is 8.24. The monoisotopic (exact) mass is 453 g/mol. The number of nitrogens with zero attached hydrogens (tertiary/aromatic N) is 3. The minimum atomic E-state index is 0.432. The molecule has 0 spiro atoms. The topological polar surface area (TPSA) is 28.2 Å². The number of benzene rings is 1. The van der Waals surface area contributed by atoms with Crippen molar-refractivity contribution in [1.82, 2.24) is 4.90 Å². The maximum atomic E-state index is 5.60. The number of ether oxygens (including phenoxy) is 2. The van der Waals surface area contributed by atoms with E-state index < -0.39 is 0 Å². The van der Waals surface area contributed by atoms with Crippen molar-refractivity contribution in [2.45, 2.75) is 46.0 Å². The van der Waals surface area contributed by atoms with Gasteiger partial charge in [0.05, 0.1) is 13.2 Å². The van der Waals surface area contributed by atoms with Crippen LogP contribution < -0.4 is 9.80 Å². The largest absolute Gasteiger partial charge is 0.381 e. The third kappa shape index (κ3) is 5.75. The Bertz CT molecular complexity index is 816. The molecule has 0 N–H and O–H groups in total. The summed E-state index contributed by atoms with van der Waals surface area (Å²) in [5, 5.41) is 0. The number of morpholine rings is 1. The zero-order valence-electron chi connectivity index (χ0n) is 20.9. The van der Waals surface area contributed by atoms with Gasteiger partial charge in [-0.05, 0) is 67.2 Å². The fourth-order valence-electron chi connectivity index (χ4n) is 5.86. The first-order chi connectivity index (χ1) is 16.1. The Labute approximate surface area is 200 Å². The SMILES string of the molecule is CC1(C)CC=C(c2cc(N3CCOCC3)ccc2N2CCN(CC3CCOCC3)CC2)CC1. The van der Waals surface area contributed by atoms with Crippen molar-refractivity contribution in [1.29, 1.82) is 0 Å². The van der Waals surface area contributed by atoms with Crippen LogP contribution in [-0.2, 0) is 9.47 Å². The second kappa shape index (κ2) is 10.4. The van der Waals surface area contributed by atoms with E-state index >= 15 is 0 Å². The highest BCUT2D eigenvalue weighted by Gasteiger charge is 2.27. The standard InChI is InChI=1S/C28H43N3O2/c1-28(2)9-5-24(6-10-28)26-21-25(30-15-19-33-20-16-30)3-4-27(26)31-13-11-29(12-14-31)22-23-7-17-32-18-8-23/h3-5,21,23H,6-20,22H2,1-2H3. The summed E-state index contributed by atoms with van der Waals surface area (Å²) in [5.74, 6) is 0.824. The van der Waals surface area contributed by atoms with Gasteiger partial charge in [-0.2, -0.15) is 0 Å². The highest BCUT2D eigenvalue weighted by molar-refractivity contribution is 5.80. The van der Waals surface area contributed by atoms with Gasteiger partial charge in [-0.15, -0.1) is 0 Å². The molecule has 0 bridgehead atoms. The highest BCUT2D eigenvalue weighted by atomic mass is 16.5. The Hall–Kier alpha value is -1.56. The van der Waals surface area contributed by atoms with E-state index in [1.165, 1.54) is 68.7 Å². The van der Waals surface area contributed by atoms with Crippen molar-refractivity contribution < 1.29 is 9.47 Å². The van der Waals surface area contributed by atoms with Crippen molar-refractivity contribution in [3.63, 3.8) is 0 Å². The molecule has 0 unspecified atom stereocenters. The Kier molecular flexibility index (Phi) is 7.29. The number of piperazine rings is 1. The summed E-state index contributed by atoms with van der Waals surface area (Å²) in [4.78, 5) is 7.84. The van der Waals surface area contributed by atoms with Crippen LogP contribution in [0.4, 0.5) is 11.4 Å². The predicted molar refractivity (Wildman–Crippen MR) is 137 cm³/mol. The van der Waals surface area contributed by atoms with E-state index in [4.69, 9.17) is 9.47 Å². The molecule has 5 rings (SSSR count). The molecule has 1 aliphatic carbocycles. The average Bonchev–Trinajstić information content (AvgIpc) is 2.85. The lowest BCUT2D eigenvalue weighted by Gasteiger charge is -2.40. The molecular formula is C28H43N3O2. The van der Waals surface area contributed by atoms with E-state index in [0.29, 0.717) is 5.41 Å². The summed E-state index contributed by atoms with van der Waals surface area (Å²) in [7, 11) is 0. The Morgan fingerprint density at radius 3 is 2.30 bits per heavy atom. The van der Waals surface area contributed by atoms with Gasteiger partial charge in [0.25, 0.3) is 0 Å². The molecule has 3 aliphatic heterocycles. The molecule has 33 heavy (non-hydrogen) atoms. The quantitative estimate of drug-likeness (QED) is 0.646. The molecule has 5 heteroatoms. The van der Waals surface area contributed by atoms with Crippen LogP contribution in [0.25, 0.3) is 5.57 Å². The molecule has 1 aromatic carbocycles. The number of hydrogen-bond acceptors (Lipinski definition) is 5. The second-order valence-electron chi connectivity index (χ2n) is 11.2. The zero-order chi connectivity index (χ0) is 22.7.